The Hall–Kier alpha value is -1.02. The van der Waals surface area contributed by atoms with E-state index in [0.29, 0.717) is 38.6 Å². The Morgan fingerprint density at radius 2 is 1.95 bits per heavy atom. The molecule has 8 heteroatoms. The first kappa shape index (κ1) is 20.0. The molecule has 0 atom stereocenters. The first-order valence-electron chi connectivity index (χ1n) is 7.15. The molecule has 5 nitrogen and oxygen atoms in total. The first-order valence-corrected chi connectivity index (χ1v) is 7.15. The van der Waals surface area contributed by atoms with E-state index >= 15 is 0 Å². The predicted octanol–water partition coefficient (Wildman–Crippen LogP) is 1.46. The van der Waals surface area contributed by atoms with Crippen LogP contribution in [0.3, 0.4) is 0 Å². The average Bonchev–Trinajstić information content (AvgIpc) is 2.37. The minimum absolute atomic E-state index is 0.385. The van der Waals surface area contributed by atoms with Crippen molar-refractivity contribution in [3.05, 3.63) is 0 Å². The lowest BCUT2D eigenvalue weighted by Crippen LogP contribution is -2.39. The maximum absolute atomic E-state index is 12.1. The number of ether oxygens (including phenoxy) is 1. The van der Waals surface area contributed by atoms with E-state index in [1.54, 1.807) is 7.11 Å². The van der Waals surface area contributed by atoms with Gasteiger partial charge >= 0.3 is 6.18 Å². The second-order valence-electron chi connectivity index (χ2n) is 4.74. The van der Waals surface area contributed by atoms with E-state index in [9.17, 15) is 13.2 Å². The monoisotopic (exact) mass is 312 g/mol. The number of nitrogens with zero attached hydrogens (tertiary/aromatic N) is 2. The summed E-state index contributed by atoms with van der Waals surface area (Å²) < 4.78 is 41.4. The van der Waals surface area contributed by atoms with Crippen LogP contribution in [0.25, 0.3) is 0 Å². The van der Waals surface area contributed by atoms with Gasteiger partial charge in [-0.05, 0) is 33.4 Å². The zero-order chi connectivity index (χ0) is 16.1. The summed E-state index contributed by atoms with van der Waals surface area (Å²) in [6.07, 6.45) is -2.68. The van der Waals surface area contributed by atoms with Gasteiger partial charge in [-0.1, -0.05) is 0 Å². The number of rotatable bonds is 10. The van der Waals surface area contributed by atoms with Crippen molar-refractivity contribution < 1.29 is 17.9 Å². The summed E-state index contributed by atoms with van der Waals surface area (Å²) in [4.78, 5) is 5.62. The molecule has 0 radical (unpaired) electrons. The van der Waals surface area contributed by atoms with Gasteiger partial charge in [0, 0.05) is 33.4 Å². The lowest BCUT2D eigenvalue weighted by molar-refractivity contribution is -0.143. The van der Waals surface area contributed by atoms with Crippen molar-refractivity contribution in [2.45, 2.75) is 25.9 Å². The van der Waals surface area contributed by atoms with E-state index in [4.69, 9.17) is 4.74 Å². The molecule has 126 valence electrons. The van der Waals surface area contributed by atoms with E-state index < -0.39 is 12.7 Å². The van der Waals surface area contributed by atoms with Gasteiger partial charge in [0.25, 0.3) is 0 Å². The van der Waals surface area contributed by atoms with Crippen LogP contribution in [-0.2, 0) is 4.74 Å². The molecule has 0 aromatic carbocycles. The van der Waals surface area contributed by atoms with Crippen LogP contribution in [0.1, 0.15) is 19.8 Å². The molecule has 0 saturated carbocycles. The fourth-order valence-electron chi connectivity index (χ4n) is 1.68. The summed E-state index contributed by atoms with van der Waals surface area (Å²) in [5.41, 5.74) is 0. The zero-order valence-corrected chi connectivity index (χ0v) is 13.1. The molecule has 0 saturated heterocycles. The fourth-order valence-corrected chi connectivity index (χ4v) is 1.68. The molecule has 0 aromatic heterocycles. The van der Waals surface area contributed by atoms with Crippen LogP contribution < -0.4 is 10.6 Å². The number of nitrogens with one attached hydrogen (secondary N) is 2. The Morgan fingerprint density at radius 3 is 2.52 bits per heavy atom. The third-order valence-corrected chi connectivity index (χ3v) is 2.58. The maximum atomic E-state index is 12.1. The predicted molar refractivity (Wildman–Crippen MR) is 78.6 cm³/mol. The van der Waals surface area contributed by atoms with E-state index in [-0.39, 0.29) is 0 Å². The van der Waals surface area contributed by atoms with Crippen LogP contribution in [0, 0.1) is 0 Å². The van der Waals surface area contributed by atoms with Crippen molar-refractivity contribution in [2.75, 3.05) is 53.5 Å². The summed E-state index contributed by atoms with van der Waals surface area (Å²) in [5, 5.41) is 6.20. The summed E-state index contributed by atoms with van der Waals surface area (Å²) in [5.74, 6) is 0.687. The summed E-state index contributed by atoms with van der Waals surface area (Å²) in [6, 6.07) is 0. The van der Waals surface area contributed by atoms with Gasteiger partial charge < -0.3 is 15.4 Å². The minimum atomic E-state index is -4.14. The molecule has 0 aromatic rings. The molecule has 2 N–H and O–H groups in total. The maximum Gasteiger partial charge on any atom is 0.401 e. The van der Waals surface area contributed by atoms with Crippen LogP contribution in [0.5, 0.6) is 0 Å². The third-order valence-electron chi connectivity index (χ3n) is 2.58. The zero-order valence-electron chi connectivity index (χ0n) is 13.1. The van der Waals surface area contributed by atoms with Crippen LogP contribution in [0.4, 0.5) is 13.2 Å². The molecule has 21 heavy (non-hydrogen) atoms. The highest BCUT2D eigenvalue weighted by molar-refractivity contribution is 5.79. The number of methoxy groups -OCH3 is 1. The molecule has 0 aliphatic heterocycles. The fraction of sp³-hybridized carbons (Fsp3) is 0.923. The Bertz CT molecular complexity index is 285. The Labute approximate surface area is 124 Å². The van der Waals surface area contributed by atoms with Crippen molar-refractivity contribution in [1.82, 2.24) is 15.5 Å². The third kappa shape index (κ3) is 13.7. The van der Waals surface area contributed by atoms with Crippen LogP contribution in [0.2, 0.25) is 0 Å². The molecule has 0 rings (SSSR count). The van der Waals surface area contributed by atoms with Crippen molar-refractivity contribution in [2.24, 2.45) is 4.99 Å². The molecule has 0 spiro atoms. The van der Waals surface area contributed by atoms with Crippen molar-refractivity contribution in [3.8, 4) is 0 Å². The summed E-state index contributed by atoms with van der Waals surface area (Å²) in [6.45, 7) is 4.10. The molecule has 0 aliphatic carbocycles. The van der Waals surface area contributed by atoms with E-state index in [0.717, 1.165) is 13.0 Å². The second kappa shape index (κ2) is 11.6. The lowest BCUT2D eigenvalue weighted by Gasteiger charge is -2.18. The highest BCUT2D eigenvalue weighted by Gasteiger charge is 2.28. The smallest absolute Gasteiger partial charge is 0.385 e. The molecule has 0 heterocycles. The quantitative estimate of drug-likeness (QED) is 0.364. The number of hydrogen-bond acceptors (Lipinski definition) is 3. The molecular formula is C13H27F3N4O. The summed E-state index contributed by atoms with van der Waals surface area (Å²) in [7, 11) is 3.11. The molecule has 0 aliphatic rings. The SMILES string of the molecule is CCNC(=NCCCOC)NCCCN(C)CC(F)(F)F. The number of guanidine groups is 1. The van der Waals surface area contributed by atoms with Crippen molar-refractivity contribution >= 4 is 5.96 Å². The topological polar surface area (TPSA) is 48.9 Å². The minimum Gasteiger partial charge on any atom is -0.385 e. The van der Waals surface area contributed by atoms with Gasteiger partial charge in [-0.15, -0.1) is 0 Å². The van der Waals surface area contributed by atoms with Crippen molar-refractivity contribution in [3.63, 3.8) is 0 Å². The standard InChI is InChI=1S/C13H27F3N4O/c1-4-17-12(19-8-6-10-21-3)18-7-5-9-20(2)11-13(14,15)16/h4-11H2,1-3H3,(H2,17,18,19). The highest BCUT2D eigenvalue weighted by Crippen LogP contribution is 2.15. The number of alkyl halides is 3. The normalized spacial score (nSPS) is 12.8. The number of hydrogen-bond donors (Lipinski definition) is 2. The Kier molecular flexibility index (Phi) is 11.1. The van der Waals surface area contributed by atoms with Gasteiger partial charge in [0.05, 0.1) is 6.54 Å². The molecular weight excluding hydrogens is 285 g/mol. The van der Waals surface area contributed by atoms with E-state index in [2.05, 4.69) is 15.6 Å². The molecule has 0 fully saturated rings. The van der Waals surface area contributed by atoms with Gasteiger partial charge in [-0.2, -0.15) is 13.2 Å². The van der Waals surface area contributed by atoms with Crippen LogP contribution in [-0.4, -0.2) is 70.5 Å². The average molecular weight is 312 g/mol. The van der Waals surface area contributed by atoms with E-state index in [1.165, 1.54) is 11.9 Å². The number of aliphatic imine (C=N–C) groups is 1. The van der Waals surface area contributed by atoms with Crippen LogP contribution in [0.15, 0.2) is 4.99 Å². The molecule has 0 amide bonds. The van der Waals surface area contributed by atoms with Gasteiger partial charge in [-0.3, -0.25) is 9.89 Å². The molecule has 0 unspecified atom stereocenters. The largest absolute Gasteiger partial charge is 0.401 e. The Morgan fingerprint density at radius 1 is 1.24 bits per heavy atom. The van der Waals surface area contributed by atoms with Gasteiger partial charge in [0.15, 0.2) is 5.96 Å². The Balaban J connectivity index is 3.87. The first-order chi connectivity index (χ1) is 9.89. The highest BCUT2D eigenvalue weighted by atomic mass is 19.4. The van der Waals surface area contributed by atoms with Crippen LogP contribution >= 0.6 is 0 Å². The van der Waals surface area contributed by atoms with E-state index in [1.807, 2.05) is 6.92 Å². The van der Waals surface area contributed by atoms with Gasteiger partial charge in [-0.25, -0.2) is 0 Å². The second-order valence-corrected chi connectivity index (χ2v) is 4.74. The number of halogens is 3. The van der Waals surface area contributed by atoms with Gasteiger partial charge in [0.1, 0.15) is 0 Å². The molecule has 0 bridgehead atoms. The lowest BCUT2D eigenvalue weighted by atomic mass is 10.4. The van der Waals surface area contributed by atoms with Crippen molar-refractivity contribution in [1.29, 1.82) is 0 Å². The summed E-state index contributed by atoms with van der Waals surface area (Å²) >= 11 is 0. The van der Waals surface area contributed by atoms with Gasteiger partial charge in [0.2, 0.25) is 0 Å².